The fourth-order valence-electron chi connectivity index (χ4n) is 0.952. The topological polar surface area (TPSA) is 9.23 Å². The SMILES string of the molecule is CCOCCCCC[CH2][AlH2]. The van der Waals surface area contributed by atoms with Crippen molar-refractivity contribution in [3.8, 4) is 0 Å². The quantitative estimate of drug-likeness (QED) is 0.404. The van der Waals surface area contributed by atoms with Crippen molar-refractivity contribution < 1.29 is 4.74 Å². The second-order valence-electron chi connectivity index (χ2n) is 2.61. The molecule has 0 spiro atoms. The molecule has 0 aromatic heterocycles. The van der Waals surface area contributed by atoms with Gasteiger partial charge in [-0.25, -0.2) is 0 Å². The molecule has 0 unspecified atom stereocenters. The zero-order valence-corrected chi connectivity index (χ0v) is 9.36. The summed E-state index contributed by atoms with van der Waals surface area (Å²) >= 11 is 1.38. The van der Waals surface area contributed by atoms with Gasteiger partial charge in [0.15, 0.2) is 0 Å². The van der Waals surface area contributed by atoms with E-state index >= 15 is 0 Å². The summed E-state index contributed by atoms with van der Waals surface area (Å²) in [6.07, 6.45) is 5.48. The van der Waals surface area contributed by atoms with Gasteiger partial charge in [-0.05, 0) is 13.3 Å². The van der Waals surface area contributed by atoms with Crippen molar-refractivity contribution in [2.24, 2.45) is 0 Å². The van der Waals surface area contributed by atoms with E-state index < -0.39 is 0 Å². The first kappa shape index (κ1) is 10.5. The molecule has 2 heteroatoms. The summed E-state index contributed by atoms with van der Waals surface area (Å²) in [4.78, 5) is 0. The summed E-state index contributed by atoms with van der Waals surface area (Å²) in [6, 6.07) is 0. The molecule has 60 valence electrons. The smallest absolute Gasteiger partial charge is 0.211 e. The Kier molecular flexibility index (Phi) is 9.96. The van der Waals surface area contributed by atoms with E-state index in [1.165, 1.54) is 47.3 Å². The lowest BCUT2D eigenvalue weighted by Gasteiger charge is -1.99. The Labute approximate surface area is 72.6 Å². The average Bonchev–Trinajstić information content (AvgIpc) is 1.97. The van der Waals surface area contributed by atoms with Gasteiger partial charge in [0.25, 0.3) is 0 Å². The molecule has 0 fully saturated rings. The summed E-state index contributed by atoms with van der Waals surface area (Å²) in [5, 5.41) is 1.47. The lowest BCUT2D eigenvalue weighted by atomic mass is 10.2. The van der Waals surface area contributed by atoms with Gasteiger partial charge in [-0.1, -0.05) is 19.3 Å². The fraction of sp³-hybridized carbons (Fsp3) is 1.00. The molecule has 0 N–H and O–H groups in total. The molecule has 0 saturated carbocycles. The summed E-state index contributed by atoms with van der Waals surface area (Å²) in [5.74, 6) is 0. The minimum absolute atomic E-state index is 0.876. The standard InChI is InChI=1S/C8H17O.Al.2H/c1-3-5-6-7-8-9-4-2;;;/h1,3-8H2,2H3;;;. The zero-order valence-electron chi connectivity index (χ0n) is 7.36. The number of ether oxygens (including phenoxy) is 1. The van der Waals surface area contributed by atoms with Crippen LogP contribution in [0.15, 0.2) is 0 Å². The number of rotatable bonds is 7. The molecule has 0 bridgehead atoms. The number of hydrogen-bond donors (Lipinski definition) is 0. The fourth-order valence-corrected chi connectivity index (χ4v) is 1.45. The van der Waals surface area contributed by atoms with Crippen molar-refractivity contribution in [2.75, 3.05) is 13.2 Å². The highest BCUT2D eigenvalue weighted by Gasteiger charge is 1.87. The lowest BCUT2D eigenvalue weighted by molar-refractivity contribution is 0.143. The summed E-state index contributed by atoms with van der Waals surface area (Å²) in [7, 11) is 0. The highest BCUT2D eigenvalue weighted by molar-refractivity contribution is 6.08. The van der Waals surface area contributed by atoms with Gasteiger partial charge in [-0.3, -0.25) is 0 Å². The predicted molar refractivity (Wildman–Crippen MR) is 48.3 cm³/mol. The minimum Gasteiger partial charge on any atom is -0.382 e. The van der Waals surface area contributed by atoms with Gasteiger partial charge < -0.3 is 4.74 Å². The van der Waals surface area contributed by atoms with Gasteiger partial charge in [0.05, 0.1) is 0 Å². The lowest BCUT2D eigenvalue weighted by Crippen LogP contribution is -1.92. The van der Waals surface area contributed by atoms with Crippen LogP contribution in [-0.2, 0) is 4.74 Å². The minimum atomic E-state index is 0.876. The molecule has 0 amide bonds. The van der Waals surface area contributed by atoms with Gasteiger partial charge >= 0.3 is 0 Å². The monoisotopic (exact) mass is 158 g/mol. The molecule has 0 aliphatic heterocycles. The maximum atomic E-state index is 5.22. The normalized spacial score (nSPS) is 10.1. The Morgan fingerprint density at radius 1 is 1.10 bits per heavy atom. The van der Waals surface area contributed by atoms with Crippen LogP contribution in [0.5, 0.6) is 0 Å². The Bertz CT molecular complexity index is 49.2. The molecule has 1 nitrogen and oxygen atoms in total. The molecule has 10 heavy (non-hydrogen) atoms. The van der Waals surface area contributed by atoms with Gasteiger partial charge in [-0.2, -0.15) is 0 Å². The van der Waals surface area contributed by atoms with Crippen LogP contribution in [0.3, 0.4) is 0 Å². The predicted octanol–water partition coefficient (Wildman–Crippen LogP) is 1.63. The third kappa shape index (κ3) is 8.49. The van der Waals surface area contributed by atoms with Gasteiger partial charge in [0.1, 0.15) is 0 Å². The van der Waals surface area contributed by atoms with Crippen LogP contribution in [-0.4, -0.2) is 29.5 Å². The first-order valence-electron chi connectivity index (χ1n) is 4.49. The van der Waals surface area contributed by atoms with Crippen LogP contribution in [0.1, 0.15) is 32.6 Å². The molecule has 0 aliphatic rings. The highest BCUT2D eigenvalue weighted by Crippen LogP contribution is 2.01. The van der Waals surface area contributed by atoms with Crippen LogP contribution in [0.4, 0.5) is 0 Å². The van der Waals surface area contributed by atoms with Crippen molar-refractivity contribution in [2.45, 2.75) is 37.9 Å². The van der Waals surface area contributed by atoms with Crippen molar-refractivity contribution in [3.63, 3.8) is 0 Å². The van der Waals surface area contributed by atoms with Crippen molar-refractivity contribution >= 4 is 16.3 Å². The number of unbranched alkanes of at least 4 members (excludes halogenated alkanes) is 3. The first-order chi connectivity index (χ1) is 4.91. The van der Waals surface area contributed by atoms with E-state index in [0.717, 1.165) is 13.2 Å². The third-order valence-corrected chi connectivity index (χ3v) is 2.30. The van der Waals surface area contributed by atoms with Crippen molar-refractivity contribution in [1.29, 1.82) is 0 Å². The Morgan fingerprint density at radius 2 is 1.80 bits per heavy atom. The van der Waals surface area contributed by atoms with E-state index in [9.17, 15) is 0 Å². The van der Waals surface area contributed by atoms with Crippen LogP contribution in [0.25, 0.3) is 0 Å². The van der Waals surface area contributed by atoms with Crippen LogP contribution < -0.4 is 0 Å². The maximum Gasteiger partial charge on any atom is 0.211 e. The maximum absolute atomic E-state index is 5.22. The van der Waals surface area contributed by atoms with Crippen LogP contribution in [0, 0.1) is 0 Å². The molecule has 0 saturated heterocycles. The molecule has 0 aromatic rings. The zero-order chi connectivity index (χ0) is 7.66. The van der Waals surface area contributed by atoms with Crippen molar-refractivity contribution in [3.05, 3.63) is 0 Å². The highest BCUT2D eigenvalue weighted by atomic mass is 27.0. The van der Waals surface area contributed by atoms with E-state index in [-0.39, 0.29) is 0 Å². The molecule has 0 radical (unpaired) electrons. The van der Waals surface area contributed by atoms with E-state index in [1.54, 1.807) is 0 Å². The molecule has 0 rings (SSSR count). The Hall–Kier alpha value is 0.492. The van der Waals surface area contributed by atoms with Gasteiger partial charge in [0, 0.05) is 13.2 Å². The molecule has 0 aliphatic carbocycles. The second-order valence-corrected chi connectivity index (χ2v) is 3.61. The summed E-state index contributed by atoms with van der Waals surface area (Å²) in [5.41, 5.74) is 0. The molecular weight excluding hydrogens is 139 g/mol. The van der Waals surface area contributed by atoms with E-state index in [2.05, 4.69) is 6.92 Å². The molecule has 0 atom stereocenters. The largest absolute Gasteiger partial charge is 0.382 e. The molecule has 0 heterocycles. The van der Waals surface area contributed by atoms with Crippen LogP contribution in [0.2, 0.25) is 5.28 Å². The van der Waals surface area contributed by atoms with Crippen molar-refractivity contribution in [1.82, 2.24) is 0 Å². The van der Waals surface area contributed by atoms with E-state index in [4.69, 9.17) is 4.74 Å². The summed E-state index contributed by atoms with van der Waals surface area (Å²) in [6.45, 7) is 3.90. The van der Waals surface area contributed by atoms with Gasteiger partial charge in [0.2, 0.25) is 16.3 Å². The molecule has 0 aromatic carbocycles. The van der Waals surface area contributed by atoms with E-state index in [0.29, 0.717) is 0 Å². The Balaban J connectivity index is 2.65. The average molecular weight is 158 g/mol. The first-order valence-corrected chi connectivity index (χ1v) is 5.91. The summed E-state index contributed by atoms with van der Waals surface area (Å²) < 4.78 is 5.22. The van der Waals surface area contributed by atoms with E-state index in [1.807, 2.05) is 0 Å². The third-order valence-electron chi connectivity index (χ3n) is 1.60. The number of hydrogen-bond acceptors (Lipinski definition) is 1. The van der Waals surface area contributed by atoms with Crippen LogP contribution >= 0.6 is 0 Å². The van der Waals surface area contributed by atoms with Gasteiger partial charge in [-0.15, -0.1) is 5.28 Å². The molecular formula is C8H19AlO. The second kappa shape index (κ2) is 9.49. The Morgan fingerprint density at radius 3 is 2.40 bits per heavy atom.